The number of rotatable bonds is 3. The molecule has 2 bridgehead atoms. The third kappa shape index (κ3) is 2.25. The minimum absolute atomic E-state index is 0.0847. The van der Waals surface area contributed by atoms with Crippen molar-refractivity contribution in [2.24, 2.45) is 11.8 Å². The molecule has 1 heterocycles. The molecule has 0 aromatic heterocycles. The van der Waals surface area contributed by atoms with Gasteiger partial charge in [-0.3, -0.25) is 0 Å². The maximum Gasteiger partial charge on any atom is 0.377 e. The van der Waals surface area contributed by atoms with Crippen LogP contribution in [0.25, 0.3) is 0 Å². The molecule has 2 saturated carbocycles. The summed E-state index contributed by atoms with van der Waals surface area (Å²) in [4.78, 5) is 11.5. The van der Waals surface area contributed by atoms with Crippen LogP contribution in [0.2, 0.25) is 0 Å². The third-order valence-electron chi connectivity index (χ3n) is 4.51. The van der Waals surface area contributed by atoms with E-state index in [0.29, 0.717) is 12.8 Å². The van der Waals surface area contributed by atoms with E-state index in [2.05, 4.69) is 0 Å². The Morgan fingerprint density at radius 1 is 1.50 bits per heavy atom. The van der Waals surface area contributed by atoms with Crippen molar-refractivity contribution in [3.05, 3.63) is 0 Å². The average molecular weight is 324 g/mol. The maximum absolute atomic E-state index is 13.1. The third-order valence-corrected chi connectivity index (χ3v) is 8.53. The number of thioether (sulfide) groups is 2. The molecular formula is C13H18F2O3S2. The zero-order valence-electron chi connectivity index (χ0n) is 11.2. The van der Waals surface area contributed by atoms with Crippen LogP contribution in [0.15, 0.2) is 0 Å². The Balaban J connectivity index is 1.80. The number of hydrogen-bond donors (Lipinski definition) is 1. The number of carbonyl (C=O) groups is 1. The molecule has 114 valence electrons. The molecule has 0 aromatic rings. The lowest BCUT2D eigenvalue weighted by Crippen LogP contribution is -2.45. The highest BCUT2D eigenvalue weighted by atomic mass is 32.2. The molecule has 1 aliphatic heterocycles. The summed E-state index contributed by atoms with van der Waals surface area (Å²) in [6.07, 6.45) is 2.53. The van der Waals surface area contributed by atoms with Crippen molar-refractivity contribution < 1.29 is 23.4 Å². The largest absolute Gasteiger partial charge is 0.455 e. The van der Waals surface area contributed by atoms with Crippen LogP contribution in [0.1, 0.15) is 26.2 Å². The van der Waals surface area contributed by atoms with E-state index in [1.165, 1.54) is 0 Å². The van der Waals surface area contributed by atoms with Crippen molar-refractivity contribution in [1.29, 1.82) is 0 Å². The molecule has 3 fully saturated rings. The SMILES string of the molecule is CC(F)(F)C(=O)OC1C2CCC(C2)C12SCC(CO)S2. The van der Waals surface area contributed by atoms with Crippen LogP contribution in [-0.4, -0.2) is 44.8 Å². The van der Waals surface area contributed by atoms with Gasteiger partial charge in [0.2, 0.25) is 0 Å². The number of aliphatic hydroxyl groups is 1. The maximum atomic E-state index is 13.1. The first-order valence-electron chi connectivity index (χ1n) is 6.88. The highest BCUT2D eigenvalue weighted by molar-refractivity contribution is 8.21. The standard InChI is InChI=1S/C13H18F2O3S2/c1-12(14,15)11(17)18-10-7-2-3-8(4-7)13(10)19-6-9(5-16)20-13/h7-10,16H,2-6H2,1H3. The van der Waals surface area contributed by atoms with Gasteiger partial charge in [0.25, 0.3) is 0 Å². The number of carbonyl (C=O) groups excluding carboxylic acids is 1. The summed E-state index contributed by atoms with van der Waals surface area (Å²) in [5.41, 5.74) is 0. The number of fused-ring (bicyclic) bond motifs is 3. The van der Waals surface area contributed by atoms with Gasteiger partial charge in [-0.15, -0.1) is 23.5 Å². The molecule has 1 N–H and O–H groups in total. The molecule has 7 heteroatoms. The second-order valence-electron chi connectivity index (χ2n) is 5.94. The molecule has 20 heavy (non-hydrogen) atoms. The van der Waals surface area contributed by atoms with Crippen LogP contribution in [-0.2, 0) is 9.53 Å². The Labute approximate surface area is 125 Å². The topological polar surface area (TPSA) is 46.5 Å². The van der Waals surface area contributed by atoms with Gasteiger partial charge in [0.1, 0.15) is 10.2 Å². The zero-order valence-corrected chi connectivity index (χ0v) is 12.8. The first-order chi connectivity index (χ1) is 9.37. The fourth-order valence-corrected chi connectivity index (χ4v) is 7.76. The van der Waals surface area contributed by atoms with Crippen LogP contribution in [0.4, 0.5) is 8.78 Å². The van der Waals surface area contributed by atoms with E-state index in [9.17, 15) is 18.7 Å². The van der Waals surface area contributed by atoms with Gasteiger partial charge in [0, 0.05) is 17.9 Å². The number of aliphatic hydroxyl groups excluding tert-OH is 1. The molecule has 5 atom stereocenters. The van der Waals surface area contributed by atoms with Crippen molar-refractivity contribution in [1.82, 2.24) is 0 Å². The van der Waals surface area contributed by atoms with E-state index in [1.54, 1.807) is 23.5 Å². The van der Waals surface area contributed by atoms with E-state index in [4.69, 9.17) is 4.74 Å². The molecule has 1 saturated heterocycles. The van der Waals surface area contributed by atoms with Gasteiger partial charge in [-0.2, -0.15) is 8.78 Å². The molecule has 0 radical (unpaired) electrons. The predicted molar refractivity (Wildman–Crippen MR) is 75.0 cm³/mol. The fraction of sp³-hybridized carbons (Fsp3) is 0.923. The number of halogens is 2. The Morgan fingerprint density at radius 2 is 2.25 bits per heavy atom. The molecule has 3 rings (SSSR count). The van der Waals surface area contributed by atoms with Crippen LogP contribution in [0.5, 0.6) is 0 Å². The van der Waals surface area contributed by atoms with E-state index in [0.717, 1.165) is 25.0 Å². The zero-order chi connectivity index (χ0) is 14.5. The summed E-state index contributed by atoms with van der Waals surface area (Å²) >= 11 is 3.32. The van der Waals surface area contributed by atoms with E-state index in [-0.39, 0.29) is 21.9 Å². The van der Waals surface area contributed by atoms with Crippen molar-refractivity contribution in [3.8, 4) is 0 Å². The molecule has 0 amide bonds. The number of alkyl halides is 2. The summed E-state index contributed by atoms with van der Waals surface area (Å²) < 4.78 is 31.1. The molecule has 3 aliphatic rings. The number of ether oxygens (including phenoxy) is 1. The molecule has 2 aliphatic carbocycles. The molecule has 1 spiro atoms. The van der Waals surface area contributed by atoms with Gasteiger partial charge in [0.05, 0.1) is 6.61 Å². The summed E-state index contributed by atoms with van der Waals surface area (Å²) in [6, 6.07) is 0. The van der Waals surface area contributed by atoms with E-state index < -0.39 is 18.0 Å². The van der Waals surface area contributed by atoms with Gasteiger partial charge < -0.3 is 9.84 Å². The normalized spacial score (nSPS) is 43.4. The highest BCUT2D eigenvalue weighted by Crippen LogP contribution is 2.67. The van der Waals surface area contributed by atoms with Crippen molar-refractivity contribution in [2.45, 2.75) is 47.5 Å². The van der Waals surface area contributed by atoms with Gasteiger partial charge in [-0.1, -0.05) is 0 Å². The van der Waals surface area contributed by atoms with Gasteiger partial charge in [0.15, 0.2) is 0 Å². The van der Waals surface area contributed by atoms with Crippen molar-refractivity contribution in [3.63, 3.8) is 0 Å². The quantitative estimate of drug-likeness (QED) is 0.808. The number of esters is 1. The van der Waals surface area contributed by atoms with E-state index in [1.807, 2.05) is 0 Å². The summed E-state index contributed by atoms with van der Waals surface area (Å²) in [7, 11) is 0. The van der Waals surface area contributed by atoms with Crippen molar-refractivity contribution in [2.75, 3.05) is 12.4 Å². The second kappa shape index (κ2) is 5.02. The van der Waals surface area contributed by atoms with Crippen LogP contribution in [0, 0.1) is 11.8 Å². The Bertz CT molecular complexity index is 415. The highest BCUT2D eigenvalue weighted by Gasteiger charge is 2.64. The smallest absolute Gasteiger partial charge is 0.377 e. The van der Waals surface area contributed by atoms with Gasteiger partial charge in [-0.25, -0.2) is 4.79 Å². The Morgan fingerprint density at radius 3 is 2.85 bits per heavy atom. The Hall–Kier alpha value is -0.0100. The van der Waals surface area contributed by atoms with Crippen LogP contribution < -0.4 is 0 Å². The lowest BCUT2D eigenvalue weighted by Gasteiger charge is -2.39. The van der Waals surface area contributed by atoms with Gasteiger partial charge in [-0.05, 0) is 31.1 Å². The van der Waals surface area contributed by atoms with Crippen LogP contribution >= 0.6 is 23.5 Å². The van der Waals surface area contributed by atoms with E-state index >= 15 is 0 Å². The lowest BCUT2D eigenvalue weighted by molar-refractivity contribution is -0.177. The first-order valence-corrected chi connectivity index (χ1v) is 8.75. The fourth-order valence-electron chi connectivity index (χ4n) is 3.62. The molecule has 5 unspecified atom stereocenters. The predicted octanol–water partition coefficient (Wildman–Crippen LogP) is 2.52. The molecule has 0 aromatic carbocycles. The average Bonchev–Trinajstić information content (AvgIpc) is 3.06. The molecular weight excluding hydrogens is 306 g/mol. The monoisotopic (exact) mass is 324 g/mol. The summed E-state index contributed by atoms with van der Waals surface area (Å²) in [5.74, 6) is -3.46. The molecule has 3 nitrogen and oxygen atoms in total. The first kappa shape index (κ1) is 14.9. The minimum Gasteiger partial charge on any atom is -0.455 e. The Kier molecular flexibility index (Phi) is 3.74. The number of hydrogen-bond acceptors (Lipinski definition) is 5. The van der Waals surface area contributed by atoms with Gasteiger partial charge >= 0.3 is 11.9 Å². The second-order valence-corrected chi connectivity index (χ2v) is 9.07. The summed E-state index contributed by atoms with van der Waals surface area (Å²) in [5, 5.41) is 9.43. The van der Waals surface area contributed by atoms with Crippen LogP contribution in [0.3, 0.4) is 0 Å². The summed E-state index contributed by atoms with van der Waals surface area (Å²) in [6.45, 7) is 0.669. The lowest BCUT2D eigenvalue weighted by atomic mass is 9.96. The minimum atomic E-state index is -3.44. The van der Waals surface area contributed by atoms with Crippen molar-refractivity contribution >= 4 is 29.5 Å².